The Bertz CT molecular complexity index is 341. The Morgan fingerprint density at radius 1 is 1.41 bits per heavy atom. The fourth-order valence-corrected chi connectivity index (χ4v) is 3.16. The monoisotopic (exact) mass is 254 g/mol. The van der Waals surface area contributed by atoms with Gasteiger partial charge in [0, 0.05) is 24.1 Å². The third-order valence-corrected chi connectivity index (χ3v) is 4.66. The number of nitrogens with zero attached hydrogens (tertiary/aromatic N) is 2. The van der Waals surface area contributed by atoms with E-state index in [4.69, 9.17) is 5.11 Å². The quantitative estimate of drug-likeness (QED) is 0.847. The molecule has 0 bridgehead atoms. The highest BCUT2D eigenvalue weighted by Gasteiger charge is 2.25. The second-order valence-electron chi connectivity index (χ2n) is 4.88. The van der Waals surface area contributed by atoms with Gasteiger partial charge in [-0.1, -0.05) is 6.42 Å². The molecule has 4 heteroatoms. The summed E-state index contributed by atoms with van der Waals surface area (Å²) >= 11 is 1.81. The van der Waals surface area contributed by atoms with Crippen LogP contribution in [0.25, 0.3) is 0 Å². The second kappa shape index (κ2) is 5.94. The Balaban J connectivity index is 1.95. The summed E-state index contributed by atoms with van der Waals surface area (Å²) in [4.78, 5) is 8.44. The van der Waals surface area contributed by atoms with E-state index in [1.807, 2.05) is 11.3 Å². The zero-order valence-electron chi connectivity index (χ0n) is 10.8. The summed E-state index contributed by atoms with van der Waals surface area (Å²) in [5.74, 6) is 0. The van der Waals surface area contributed by atoms with Gasteiger partial charge in [0.1, 0.15) is 5.01 Å². The van der Waals surface area contributed by atoms with Crippen molar-refractivity contribution >= 4 is 11.3 Å². The van der Waals surface area contributed by atoms with Crippen LogP contribution in [-0.2, 0) is 6.54 Å². The predicted molar refractivity (Wildman–Crippen MR) is 71.3 cm³/mol. The number of thiazole rings is 1. The van der Waals surface area contributed by atoms with Crippen LogP contribution in [0.15, 0.2) is 0 Å². The molecule has 0 radical (unpaired) electrons. The van der Waals surface area contributed by atoms with E-state index in [1.54, 1.807) is 0 Å². The summed E-state index contributed by atoms with van der Waals surface area (Å²) in [7, 11) is 0. The van der Waals surface area contributed by atoms with E-state index in [2.05, 4.69) is 23.7 Å². The normalized spacial score (nSPS) is 16.5. The summed E-state index contributed by atoms with van der Waals surface area (Å²) in [6.45, 7) is 6.47. The highest BCUT2D eigenvalue weighted by molar-refractivity contribution is 7.11. The minimum absolute atomic E-state index is 0.291. The molecular weight excluding hydrogens is 232 g/mol. The minimum Gasteiger partial charge on any atom is -0.396 e. The van der Waals surface area contributed by atoms with Gasteiger partial charge in [-0.05, 0) is 33.1 Å². The van der Waals surface area contributed by atoms with Crippen LogP contribution < -0.4 is 0 Å². The molecule has 1 heterocycles. The lowest BCUT2D eigenvalue weighted by Gasteiger charge is -2.37. The van der Waals surface area contributed by atoms with Gasteiger partial charge in [0.05, 0.1) is 12.2 Å². The molecule has 1 fully saturated rings. The topological polar surface area (TPSA) is 36.4 Å². The molecule has 96 valence electrons. The molecule has 17 heavy (non-hydrogen) atoms. The minimum atomic E-state index is 0.291. The molecule has 0 amide bonds. The molecule has 3 nitrogen and oxygen atoms in total. The molecule has 0 atom stereocenters. The van der Waals surface area contributed by atoms with Gasteiger partial charge in [-0.15, -0.1) is 11.3 Å². The molecule has 1 N–H and O–H groups in total. The maximum atomic E-state index is 8.96. The Morgan fingerprint density at radius 2 is 2.18 bits per heavy atom. The molecule has 2 rings (SSSR count). The lowest BCUT2D eigenvalue weighted by atomic mass is 9.91. The second-order valence-corrected chi connectivity index (χ2v) is 6.17. The molecule has 0 unspecified atom stereocenters. The van der Waals surface area contributed by atoms with E-state index >= 15 is 0 Å². The summed E-state index contributed by atoms with van der Waals surface area (Å²) < 4.78 is 0. The fraction of sp³-hybridized carbons (Fsp3) is 0.769. The predicted octanol–water partition coefficient (Wildman–Crippen LogP) is 2.50. The van der Waals surface area contributed by atoms with Gasteiger partial charge in [0.25, 0.3) is 0 Å². The van der Waals surface area contributed by atoms with E-state index < -0.39 is 0 Å². The number of aliphatic hydroxyl groups is 1. The lowest BCUT2D eigenvalue weighted by molar-refractivity contribution is 0.109. The molecule has 0 aromatic carbocycles. The first-order valence-electron chi connectivity index (χ1n) is 6.48. The number of aromatic nitrogens is 1. The maximum Gasteiger partial charge on any atom is 0.107 e. The molecule has 1 aliphatic carbocycles. The smallest absolute Gasteiger partial charge is 0.107 e. The highest BCUT2D eigenvalue weighted by Crippen LogP contribution is 2.27. The van der Waals surface area contributed by atoms with E-state index in [9.17, 15) is 0 Å². The SMILES string of the molecule is Cc1nc(CN(CCCO)C2CCC2)sc1C. The maximum absolute atomic E-state index is 8.96. The van der Waals surface area contributed by atoms with Gasteiger partial charge in [-0.25, -0.2) is 4.98 Å². The Labute approximate surface area is 107 Å². The van der Waals surface area contributed by atoms with E-state index in [0.29, 0.717) is 6.61 Å². The van der Waals surface area contributed by atoms with Crippen molar-refractivity contribution in [2.24, 2.45) is 0 Å². The average molecular weight is 254 g/mol. The molecular formula is C13H22N2OS. The first kappa shape index (κ1) is 13.0. The van der Waals surface area contributed by atoms with Crippen LogP contribution in [-0.4, -0.2) is 34.2 Å². The van der Waals surface area contributed by atoms with Crippen molar-refractivity contribution in [3.05, 3.63) is 15.6 Å². The first-order chi connectivity index (χ1) is 8.20. The Morgan fingerprint density at radius 3 is 2.65 bits per heavy atom. The van der Waals surface area contributed by atoms with Crippen molar-refractivity contribution in [3.63, 3.8) is 0 Å². The van der Waals surface area contributed by atoms with Crippen molar-refractivity contribution in [1.82, 2.24) is 9.88 Å². The number of rotatable bonds is 6. The third kappa shape index (κ3) is 3.27. The molecule has 0 spiro atoms. The zero-order chi connectivity index (χ0) is 12.3. The molecule has 1 aliphatic rings. The lowest BCUT2D eigenvalue weighted by Crippen LogP contribution is -2.40. The number of hydrogen-bond acceptors (Lipinski definition) is 4. The molecule has 1 saturated carbocycles. The van der Waals surface area contributed by atoms with Crippen LogP contribution in [0.1, 0.15) is 41.3 Å². The van der Waals surface area contributed by atoms with Gasteiger partial charge in [-0.3, -0.25) is 4.90 Å². The zero-order valence-corrected chi connectivity index (χ0v) is 11.6. The van der Waals surface area contributed by atoms with Crippen molar-refractivity contribution in [1.29, 1.82) is 0 Å². The van der Waals surface area contributed by atoms with Crippen molar-refractivity contribution < 1.29 is 5.11 Å². The van der Waals surface area contributed by atoms with E-state index in [-0.39, 0.29) is 0 Å². The Hall–Kier alpha value is -0.450. The van der Waals surface area contributed by atoms with Crippen molar-refractivity contribution in [2.75, 3.05) is 13.2 Å². The van der Waals surface area contributed by atoms with Crippen LogP contribution in [0.4, 0.5) is 0 Å². The largest absolute Gasteiger partial charge is 0.396 e. The fourth-order valence-electron chi connectivity index (χ4n) is 2.20. The van der Waals surface area contributed by atoms with Gasteiger partial charge in [-0.2, -0.15) is 0 Å². The Kier molecular flexibility index (Phi) is 4.54. The van der Waals surface area contributed by atoms with Crippen LogP contribution in [0.3, 0.4) is 0 Å². The summed E-state index contributed by atoms with van der Waals surface area (Å²) in [5, 5.41) is 10.2. The van der Waals surface area contributed by atoms with Crippen LogP contribution >= 0.6 is 11.3 Å². The van der Waals surface area contributed by atoms with Gasteiger partial charge in [0.2, 0.25) is 0 Å². The summed E-state index contributed by atoms with van der Waals surface area (Å²) in [5.41, 5.74) is 1.17. The standard InChI is InChI=1S/C13H22N2OS/c1-10-11(2)17-13(14-10)9-15(7-4-8-16)12-5-3-6-12/h12,16H,3-9H2,1-2H3. The van der Waals surface area contributed by atoms with E-state index in [1.165, 1.54) is 34.8 Å². The number of hydrogen-bond donors (Lipinski definition) is 1. The molecule has 1 aromatic heterocycles. The number of aryl methyl sites for hydroxylation is 2. The third-order valence-electron chi connectivity index (χ3n) is 3.61. The van der Waals surface area contributed by atoms with Crippen molar-refractivity contribution in [3.8, 4) is 0 Å². The van der Waals surface area contributed by atoms with Crippen LogP contribution in [0.5, 0.6) is 0 Å². The highest BCUT2D eigenvalue weighted by atomic mass is 32.1. The van der Waals surface area contributed by atoms with E-state index in [0.717, 1.165) is 25.6 Å². The van der Waals surface area contributed by atoms with Gasteiger partial charge in [0.15, 0.2) is 0 Å². The molecule has 0 saturated heterocycles. The average Bonchev–Trinajstić information content (AvgIpc) is 2.52. The first-order valence-corrected chi connectivity index (χ1v) is 7.30. The summed E-state index contributed by atoms with van der Waals surface area (Å²) in [6.07, 6.45) is 4.86. The van der Waals surface area contributed by atoms with Gasteiger partial charge >= 0.3 is 0 Å². The number of aliphatic hydroxyl groups excluding tert-OH is 1. The van der Waals surface area contributed by atoms with Crippen LogP contribution in [0.2, 0.25) is 0 Å². The molecule has 1 aromatic rings. The van der Waals surface area contributed by atoms with Crippen LogP contribution in [0, 0.1) is 13.8 Å². The van der Waals surface area contributed by atoms with Gasteiger partial charge < -0.3 is 5.11 Å². The van der Waals surface area contributed by atoms with Crippen molar-refractivity contribution in [2.45, 2.75) is 52.1 Å². The summed E-state index contributed by atoms with van der Waals surface area (Å²) in [6, 6.07) is 0.728. The molecule has 0 aliphatic heterocycles.